The Hall–Kier alpha value is -2.09. The lowest BCUT2D eigenvalue weighted by molar-refractivity contribution is 0.595. The number of nitrogens with zero attached hydrogens (tertiary/aromatic N) is 2. The molecule has 0 N–H and O–H groups in total. The topological polar surface area (TPSA) is 52.0 Å². The number of benzene rings is 2. The maximum absolute atomic E-state index is 13.1. The summed E-state index contributed by atoms with van der Waals surface area (Å²) >= 11 is 2.90. The van der Waals surface area contributed by atoms with Gasteiger partial charge in [-0.2, -0.15) is 0 Å². The number of aromatic nitrogens is 2. The standard InChI is InChI=1S/C19H16N2O2S3/c1-21-16-9-4-3-8-15(16)20-18(21)13-6-5-7-14(12-13)26(22,23)17-10-11-25-19(17)24-2/h3-12H,1-2H3. The molecular weight excluding hydrogens is 384 g/mol. The minimum absolute atomic E-state index is 0.288. The van der Waals surface area contributed by atoms with E-state index in [1.54, 1.807) is 24.3 Å². The summed E-state index contributed by atoms with van der Waals surface area (Å²) in [5.74, 6) is 0.749. The van der Waals surface area contributed by atoms with Crippen molar-refractivity contribution >= 4 is 44.0 Å². The minimum atomic E-state index is -3.56. The van der Waals surface area contributed by atoms with E-state index < -0.39 is 9.84 Å². The molecule has 0 amide bonds. The molecule has 0 bridgehead atoms. The highest BCUT2D eigenvalue weighted by molar-refractivity contribution is 8.01. The molecule has 0 aliphatic rings. The van der Waals surface area contributed by atoms with Crippen LogP contribution in [0.1, 0.15) is 0 Å². The number of thioether (sulfide) groups is 1. The van der Waals surface area contributed by atoms with E-state index in [1.165, 1.54) is 23.1 Å². The van der Waals surface area contributed by atoms with Crippen molar-refractivity contribution in [2.45, 2.75) is 14.0 Å². The quantitative estimate of drug-likeness (QED) is 0.459. The summed E-state index contributed by atoms with van der Waals surface area (Å²) in [4.78, 5) is 5.33. The molecule has 2 aromatic heterocycles. The van der Waals surface area contributed by atoms with Crippen LogP contribution in [0.3, 0.4) is 0 Å². The third kappa shape index (κ3) is 2.76. The van der Waals surface area contributed by atoms with Crippen LogP contribution in [0.15, 0.2) is 74.0 Å². The average molecular weight is 401 g/mol. The molecule has 2 heterocycles. The summed E-state index contributed by atoms with van der Waals surface area (Å²) in [6, 6.07) is 16.6. The molecule has 0 aliphatic carbocycles. The van der Waals surface area contributed by atoms with E-state index in [0.29, 0.717) is 4.90 Å². The van der Waals surface area contributed by atoms with Gasteiger partial charge in [0.25, 0.3) is 0 Å². The van der Waals surface area contributed by atoms with Crippen LogP contribution in [0.25, 0.3) is 22.4 Å². The van der Waals surface area contributed by atoms with Crippen molar-refractivity contribution in [1.29, 1.82) is 0 Å². The van der Waals surface area contributed by atoms with Crippen LogP contribution in [0.4, 0.5) is 0 Å². The van der Waals surface area contributed by atoms with Crippen molar-refractivity contribution in [3.8, 4) is 11.4 Å². The van der Waals surface area contributed by atoms with Gasteiger partial charge in [-0.15, -0.1) is 23.1 Å². The molecule has 7 heteroatoms. The van der Waals surface area contributed by atoms with Gasteiger partial charge in [-0.3, -0.25) is 0 Å². The average Bonchev–Trinajstić information content (AvgIpc) is 3.27. The highest BCUT2D eigenvalue weighted by Crippen LogP contribution is 2.35. The summed E-state index contributed by atoms with van der Waals surface area (Å²) in [7, 11) is -1.62. The SMILES string of the molecule is CSc1sccc1S(=O)(=O)c1cccc(-c2nc3ccccc3n2C)c1. The van der Waals surface area contributed by atoms with Crippen molar-refractivity contribution < 1.29 is 8.42 Å². The highest BCUT2D eigenvalue weighted by atomic mass is 32.2. The van der Waals surface area contributed by atoms with Crippen molar-refractivity contribution in [3.63, 3.8) is 0 Å². The number of fused-ring (bicyclic) bond motifs is 1. The first-order chi connectivity index (χ1) is 12.5. The molecule has 2 aromatic carbocycles. The van der Waals surface area contributed by atoms with Crippen LogP contribution in [0.5, 0.6) is 0 Å². The van der Waals surface area contributed by atoms with E-state index in [-0.39, 0.29) is 4.90 Å². The van der Waals surface area contributed by atoms with Crippen LogP contribution in [0, 0.1) is 0 Å². The second-order valence-electron chi connectivity index (χ2n) is 5.79. The molecule has 0 atom stereocenters. The Morgan fingerprint density at radius 3 is 2.65 bits per heavy atom. The van der Waals surface area contributed by atoms with Gasteiger partial charge in [0.1, 0.15) is 5.82 Å². The van der Waals surface area contributed by atoms with Crippen LogP contribution in [-0.2, 0) is 16.9 Å². The van der Waals surface area contributed by atoms with Gasteiger partial charge in [0.2, 0.25) is 9.84 Å². The van der Waals surface area contributed by atoms with Crippen LogP contribution >= 0.6 is 23.1 Å². The molecule has 4 nitrogen and oxygen atoms in total. The normalized spacial score (nSPS) is 11.9. The molecule has 0 radical (unpaired) electrons. The van der Waals surface area contributed by atoms with Gasteiger partial charge in [-0.05, 0) is 42.0 Å². The fraction of sp³-hybridized carbons (Fsp3) is 0.105. The molecule has 0 unspecified atom stereocenters. The van der Waals surface area contributed by atoms with Gasteiger partial charge < -0.3 is 4.57 Å². The van der Waals surface area contributed by atoms with E-state index >= 15 is 0 Å². The van der Waals surface area contributed by atoms with E-state index in [9.17, 15) is 8.42 Å². The lowest BCUT2D eigenvalue weighted by atomic mass is 10.2. The van der Waals surface area contributed by atoms with Crippen molar-refractivity contribution in [3.05, 3.63) is 60.0 Å². The van der Waals surface area contributed by atoms with E-state index in [4.69, 9.17) is 0 Å². The van der Waals surface area contributed by atoms with Gasteiger partial charge in [0.05, 0.1) is 25.0 Å². The summed E-state index contributed by atoms with van der Waals surface area (Å²) < 4.78 is 29.0. The Morgan fingerprint density at radius 2 is 1.88 bits per heavy atom. The molecule has 4 aromatic rings. The van der Waals surface area contributed by atoms with Crippen molar-refractivity contribution in [1.82, 2.24) is 9.55 Å². The molecular formula is C19H16N2O2S3. The maximum Gasteiger partial charge on any atom is 0.208 e. The van der Waals surface area contributed by atoms with Crippen molar-refractivity contribution in [2.75, 3.05) is 6.26 Å². The number of hydrogen-bond acceptors (Lipinski definition) is 5. The molecule has 0 saturated heterocycles. The second-order valence-corrected chi connectivity index (χ2v) is 9.70. The minimum Gasteiger partial charge on any atom is -0.327 e. The zero-order chi connectivity index (χ0) is 18.3. The smallest absolute Gasteiger partial charge is 0.208 e. The van der Waals surface area contributed by atoms with E-state index in [1.807, 2.05) is 53.6 Å². The van der Waals surface area contributed by atoms with Crippen LogP contribution < -0.4 is 0 Å². The Balaban J connectivity index is 1.86. The number of hydrogen-bond donors (Lipinski definition) is 0. The van der Waals surface area contributed by atoms with Gasteiger partial charge in [-0.1, -0.05) is 24.3 Å². The summed E-state index contributed by atoms with van der Waals surface area (Å²) in [5, 5.41) is 1.81. The molecule has 0 aliphatic heterocycles. The fourth-order valence-electron chi connectivity index (χ4n) is 2.96. The first-order valence-corrected chi connectivity index (χ1v) is 11.5. The lowest BCUT2D eigenvalue weighted by Gasteiger charge is -2.08. The summed E-state index contributed by atoms with van der Waals surface area (Å²) in [5.41, 5.74) is 2.68. The molecule has 26 heavy (non-hydrogen) atoms. The van der Waals surface area contributed by atoms with E-state index in [2.05, 4.69) is 4.98 Å². The van der Waals surface area contributed by atoms with E-state index in [0.717, 1.165) is 26.6 Å². The molecule has 0 saturated carbocycles. The number of aryl methyl sites for hydroxylation is 1. The predicted molar refractivity (Wildman–Crippen MR) is 108 cm³/mol. The number of rotatable bonds is 4. The van der Waals surface area contributed by atoms with Gasteiger partial charge >= 0.3 is 0 Å². The van der Waals surface area contributed by atoms with Crippen LogP contribution in [0.2, 0.25) is 0 Å². The highest BCUT2D eigenvalue weighted by Gasteiger charge is 2.23. The predicted octanol–water partition coefficient (Wildman–Crippen LogP) is 4.86. The Bertz CT molecular complexity index is 1210. The fourth-order valence-corrected chi connectivity index (χ4v) is 6.70. The lowest BCUT2D eigenvalue weighted by Crippen LogP contribution is -2.02. The Kier molecular flexibility index (Phi) is 4.38. The molecule has 132 valence electrons. The van der Waals surface area contributed by atoms with Crippen molar-refractivity contribution in [2.24, 2.45) is 7.05 Å². The first-order valence-electron chi connectivity index (χ1n) is 7.91. The Morgan fingerprint density at radius 1 is 1.08 bits per heavy atom. The zero-order valence-electron chi connectivity index (χ0n) is 14.2. The number of para-hydroxylation sites is 2. The summed E-state index contributed by atoms with van der Waals surface area (Å²) in [6.45, 7) is 0. The number of imidazole rings is 1. The third-order valence-corrected chi connectivity index (χ3v) is 8.40. The summed E-state index contributed by atoms with van der Waals surface area (Å²) in [6.07, 6.45) is 1.89. The molecule has 4 rings (SSSR count). The van der Waals surface area contributed by atoms with Crippen LogP contribution in [-0.4, -0.2) is 24.2 Å². The third-order valence-electron chi connectivity index (χ3n) is 4.26. The first kappa shape index (κ1) is 17.3. The monoisotopic (exact) mass is 400 g/mol. The zero-order valence-corrected chi connectivity index (χ0v) is 16.7. The Labute approximate surface area is 160 Å². The van der Waals surface area contributed by atoms with Gasteiger partial charge in [-0.25, -0.2) is 13.4 Å². The largest absolute Gasteiger partial charge is 0.327 e. The number of thiophene rings is 1. The van der Waals surface area contributed by atoms with Gasteiger partial charge in [0.15, 0.2) is 0 Å². The molecule has 0 spiro atoms. The number of sulfone groups is 1. The van der Waals surface area contributed by atoms with Gasteiger partial charge in [0, 0.05) is 12.6 Å². The maximum atomic E-state index is 13.1. The molecule has 0 fully saturated rings. The second kappa shape index (κ2) is 6.57.